The van der Waals surface area contributed by atoms with Gasteiger partial charge in [0.15, 0.2) is 0 Å². The van der Waals surface area contributed by atoms with E-state index in [9.17, 15) is 4.79 Å². The monoisotopic (exact) mass is 445 g/mol. The van der Waals surface area contributed by atoms with Crippen molar-refractivity contribution in [2.75, 3.05) is 6.61 Å². The lowest BCUT2D eigenvalue weighted by atomic mass is 10.1. The van der Waals surface area contributed by atoms with Crippen molar-refractivity contribution in [2.45, 2.75) is 65.2 Å². The fourth-order valence-corrected chi connectivity index (χ4v) is 3.60. The number of unbranched alkanes of at least 4 members (excludes halogenated alkanes) is 5. The fourth-order valence-electron chi connectivity index (χ4n) is 3.60. The molecule has 33 heavy (non-hydrogen) atoms. The molecule has 0 spiro atoms. The minimum atomic E-state index is -0.346. The van der Waals surface area contributed by atoms with E-state index < -0.39 is 0 Å². The third-order valence-corrected chi connectivity index (χ3v) is 5.62. The summed E-state index contributed by atoms with van der Waals surface area (Å²) in [5.74, 6) is 0.960. The third kappa shape index (κ3) is 8.05. The Bertz CT molecular complexity index is 963. The van der Waals surface area contributed by atoms with Crippen LogP contribution >= 0.6 is 0 Å². The van der Waals surface area contributed by atoms with Gasteiger partial charge in [0.05, 0.1) is 24.1 Å². The first-order valence-electron chi connectivity index (χ1n) is 12.2. The molecule has 174 valence electrons. The highest BCUT2D eigenvalue weighted by atomic mass is 16.5. The molecule has 2 aromatic carbocycles. The standard InChI is InChI=1S/C29H35NO3/c1-3-5-7-9-21-32-27-19-20-28(30-22-27)24-15-17-26(18-16-24)33-29(31)25-13-11-23(12-14-25)10-8-6-4-2/h11-20,22H,3-10,21H2,1-2H3. The summed E-state index contributed by atoms with van der Waals surface area (Å²) in [7, 11) is 0. The van der Waals surface area contributed by atoms with Crippen LogP contribution in [0.2, 0.25) is 0 Å². The average Bonchev–Trinajstić information content (AvgIpc) is 2.85. The Hall–Kier alpha value is -3.14. The van der Waals surface area contributed by atoms with Gasteiger partial charge in [0.2, 0.25) is 0 Å². The van der Waals surface area contributed by atoms with Gasteiger partial charge in [0.1, 0.15) is 11.5 Å². The first-order chi connectivity index (χ1) is 16.2. The van der Waals surface area contributed by atoms with Gasteiger partial charge in [-0.05, 0) is 73.4 Å². The Morgan fingerprint density at radius 3 is 2.12 bits per heavy atom. The smallest absolute Gasteiger partial charge is 0.343 e. The molecule has 0 amide bonds. The van der Waals surface area contributed by atoms with E-state index in [0.29, 0.717) is 11.3 Å². The van der Waals surface area contributed by atoms with Crippen LogP contribution in [0.1, 0.15) is 74.7 Å². The number of aromatic nitrogens is 1. The van der Waals surface area contributed by atoms with Crippen molar-refractivity contribution in [3.8, 4) is 22.8 Å². The second-order valence-corrected chi connectivity index (χ2v) is 8.36. The largest absolute Gasteiger partial charge is 0.492 e. The molecule has 0 atom stereocenters. The van der Waals surface area contributed by atoms with Crippen LogP contribution in [0, 0.1) is 0 Å². The molecule has 1 heterocycles. The zero-order chi connectivity index (χ0) is 23.3. The highest BCUT2D eigenvalue weighted by Crippen LogP contribution is 2.23. The number of ether oxygens (including phenoxy) is 2. The molecule has 0 N–H and O–H groups in total. The predicted octanol–water partition coefficient (Wildman–Crippen LogP) is 7.66. The van der Waals surface area contributed by atoms with Crippen LogP contribution in [0.5, 0.6) is 11.5 Å². The van der Waals surface area contributed by atoms with Crippen LogP contribution in [0.15, 0.2) is 66.9 Å². The quantitative estimate of drug-likeness (QED) is 0.154. The number of benzene rings is 2. The van der Waals surface area contributed by atoms with Gasteiger partial charge in [0, 0.05) is 5.56 Å². The predicted molar refractivity (Wildman–Crippen MR) is 134 cm³/mol. The summed E-state index contributed by atoms with van der Waals surface area (Å²) in [6.07, 6.45) is 11.2. The van der Waals surface area contributed by atoms with Crippen molar-refractivity contribution in [3.05, 3.63) is 78.0 Å². The van der Waals surface area contributed by atoms with Gasteiger partial charge in [-0.3, -0.25) is 4.98 Å². The molecule has 0 saturated carbocycles. The summed E-state index contributed by atoms with van der Waals surface area (Å²) in [6.45, 7) is 5.13. The molecular formula is C29H35NO3. The van der Waals surface area contributed by atoms with Crippen LogP contribution in [0.4, 0.5) is 0 Å². The second kappa shape index (κ2) is 13.4. The summed E-state index contributed by atoms with van der Waals surface area (Å²) >= 11 is 0. The maximum Gasteiger partial charge on any atom is 0.343 e. The van der Waals surface area contributed by atoms with Crippen LogP contribution in [-0.4, -0.2) is 17.6 Å². The van der Waals surface area contributed by atoms with Crippen LogP contribution in [0.25, 0.3) is 11.3 Å². The lowest BCUT2D eigenvalue weighted by molar-refractivity contribution is 0.0735. The number of hydrogen-bond donors (Lipinski definition) is 0. The van der Waals surface area contributed by atoms with Gasteiger partial charge >= 0.3 is 5.97 Å². The van der Waals surface area contributed by atoms with E-state index in [1.54, 1.807) is 18.3 Å². The van der Waals surface area contributed by atoms with Crippen molar-refractivity contribution in [3.63, 3.8) is 0 Å². The van der Waals surface area contributed by atoms with Gasteiger partial charge in [-0.25, -0.2) is 4.79 Å². The Labute approximate surface area is 198 Å². The second-order valence-electron chi connectivity index (χ2n) is 8.36. The van der Waals surface area contributed by atoms with Gasteiger partial charge in [-0.15, -0.1) is 0 Å². The molecule has 0 fully saturated rings. The van der Waals surface area contributed by atoms with E-state index >= 15 is 0 Å². The molecule has 1 aromatic heterocycles. The van der Waals surface area contributed by atoms with Gasteiger partial charge in [0.25, 0.3) is 0 Å². The van der Waals surface area contributed by atoms with Gasteiger partial charge < -0.3 is 9.47 Å². The number of aryl methyl sites for hydroxylation is 1. The SMILES string of the molecule is CCCCCCOc1ccc(-c2ccc(OC(=O)c3ccc(CCCCC)cc3)cc2)nc1. The molecule has 0 aliphatic rings. The lowest BCUT2D eigenvalue weighted by Crippen LogP contribution is -2.08. The Morgan fingerprint density at radius 1 is 0.758 bits per heavy atom. The van der Waals surface area contributed by atoms with Crippen molar-refractivity contribution in [1.29, 1.82) is 0 Å². The van der Waals surface area contributed by atoms with Crippen LogP contribution < -0.4 is 9.47 Å². The number of rotatable bonds is 13. The highest BCUT2D eigenvalue weighted by Gasteiger charge is 2.09. The van der Waals surface area contributed by atoms with Crippen molar-refractivity contribution in [2.24, 2.45) is 0 Å². The van der Waals surface area contributed by atoms with Gasteiger partial charge in [-0.1, -0.05) is 58.1 Å². The molecule has 3 aromatic rings. The minimum Gasteiger partial charge on any atom is -0.492 e. The van der Waals surface area contributed by atoms with Gasteiger partial charge in [-0.2, -0.15) is 0 Å². The molecule has 3 rings (SSSR count). The van der Waals surface area contributed by atoms with E-state index in [1.807, 2.05) is 48.5 Å². The molecule has 0 saturated heterocycles. The van der Waals surface area contributed by atoms with Crippen LogP contribution in [-0.2, 0) is 6.42 Å². The normalized spacial score (nSPS) is 10.7. The van der Waals surface area contributed by atoms with E-state index in [1.165, 1.54) is 44.1 Å². The molecule has 0 radical (unpaired) electrons. The summed E-state index contributed by atoms with van der Waals surface area (Å²) < 4.78 is 11.3. The van der Waals surface area contributed by atoms with Crippen LogP contribution in [0.3, 0.4) is 0 Å². The first kappa shape index (κ1) is 24.5. The summed E-state index contributed by atoms with van der Waals surface area (Å²) in [5, 5.41) is 0. The molecule has 4 heteroatoms. The van der Waals surface area contributed by atoms with Crippen molar-refractivity contribution in [1.82, 2.24) is 4.98 Å². The third-order valence-electron chi connectivity index (χ3n) is 5.62. The fraction of sp³-hybridized carbons (Fsp3) is 0.379. The zero-order valence-electron chi connectivity index (χ0n) is 19.9. The zero-order valence-corrected chi connectivity index (χ0v) is 19.9. The number of carbonyl (C=O) groups is 1. The summed E-state index contributed by atoms with van der Waals surface area (Å²) in [5.41, 5.74) is 3.63. The number of pyridine rings is 1. The maximum absolute atomic E-state index is 12.5. The Balaban J connectivity index is 1.51. The molecule has 0 bridgehead atoms. The maximum atomic E-state index is 12.5. The number of carbonyl (C=O) groups excluding carboxylic acids is 1. The highest BCUT2D eigenvalue weighted by molar-refractivity contribution is 5.91. The Morgan fingerprint density at radius 2 is 1.45 bits per heavy atom. The molecule has 4 nitrogen and oxygen atoms in total. The first-order valence-corrected chi connectivity index (χ1v) is 12.2. The van der Waals surface area contributed by atoms with E-state index in [4.69, 9.17) is 9.47 Å². The van der Waals surface area contributed by atoms with Crippen molar-refractivity contribution < 1.29 is 14.3 Å². The molecule has 0 aliphatic heterocycles. The number of nitrogens with zero attached hydrogens (tertiary/aromatic N) is 1. The van der Waals surface area contributed by atoms with E-state index in [-0.39, 0.29) is 5.97 Å². The Kier molecular flexibility index (Phi) is 9.96. The number of esters is 1. The molecule has 0 unspecified atom stereocenters. The van der Waals surface area contributed by atoms with E-state index in [2.05, 4.69) is 18.8 Å². The number of hydrogen-bond acceptors (Lipinski definition) is 4. The average molecular weight is 446 g/mol. The minimum absolute atomic E-state index is 0.346. The topological polar surface area (TPSA) is 48.4 Å². The van der Waals surface area contributed by atoms with E-state index in [0.717, 1.165) is 36.5 Å². The lowest BCUT2D eigenvalue weighted by Gasteiger charge is -2.08. The summed E-state index contributed by atoms with van der Waals surface area (Å²) in [4.78, 5) is 17.0. The van der Waals surface area contributed by atoms with Crippen molar-refractivity contribution >= 4 is 5.97 Å². The molecule has 0 aliphatic carbocycles. The summed E-state index contributed by atoms with van der Waals surface area (Å²) in [6, 6.07) is 19.0. The molecular weight excluding hydrogens is 410 g/mol.